The van der Waals surface area contributed by atoms with Gasteiger partial charge in [0.2, 0.25) is 11.8 Å². The van der Waals surface area contributed by atoms with E-state index in [9.17, 15) is 29.8 Å². The molecular formula is C16H16N6O6. The molecule has 146 valence electrons. The number of nitrogens with zero attached hydrogens (tertiary/aromatic N) is 4. The summed E-state index contributed by atoms with van der Waals surface area (Å²) in [5.74, 6) is -0.229. The van der Waals surface area contributed by atoms with Crippen molar-refractivity contribution in [2.45, 2.75) is 25.7 Å². The summed E-state index contributed by atoms with van der Waals surface area (Å²) in [5.41, 5.74) is -0.349. The minimum atomic E-state index is -0.587. The molecule has 0 aliphatic carbocycles. The van der Waals surface area contributed by atoms with E-state index in [0.717, 1.165) is 12.4 Å². The average molecular weight is 388 g/mol. The summed E-state index contributed by atoms with van der Waals surface area (Å²) in [6, 6.07) is 5.14. The van der Waals surface area contributed by atoms with Crippen molar-refractivity contribution in [2.75, 3.05) is 10.6 Å². The van der Waals surface area contributed by atoms with E-state index in [1.54, 1.807) is 0 Å². The lowest BCUT2D eigenvalue weighted by Crippen LogP contribution is -2.14. The van der Waals surface area contributed by atoms with Gasteiger partial charge in [0.25, 0.3) is 11.4 Å². The zero-order valence-corrected chi connectivity index (χ0v) is 14.5. The Hall–Kier alpha value is -3.96. The topological polar surface area (TPSA) is 170 Å². The Labute approximate surface area is 158 Å². The fourth-order valence-electron chi connectivity index (χ4n) is 2.12. The monoisotopic (exact) mass is 388 g/mol. The maximum atomic E-state index is 11.8. The number of amides is 2. The van der Waals surface area contributed by atoms with Gasteiger partial charge in [-0.1, -0.05) is 0 Å². The molecule has 2 heterocycles. The molecule has 2 aromatic rings. The summed E-state index contributed by atoms with van der Waals surface area (Å²) in [6.07, 6.45) is 3.29. The summed E-state index contributed by atoms with van der Waals surface area (Å²) in [5, 5.41) is 26.1. The molecule has 12 nitrogen and oxygen atoms in total. The molecule has 0 aromatic carbocycles. The standard InChI is InChI=1S/C16H16N6O6/c23-15(19-13-7-5-11(9-17-13)21(25)26)3-1-2-4-16(24)20-14-8-6-12(10-18-14)22(27)28/h5-10H,1-4H2,(H,17,19,23)(H,18,20,24). The maximum absolute atomic E-state index is 11.8. The van der Waals surface area contributed by atoms with Crippen molar-refractivity contribution in [1.29, 1.82) is 0 Å². The lowest BCUT2D eigenvalue weighted by atomic mass is 10.2. The molecule has 2 rings (SSSR count). The average Bonchev–Trinajstić information content (AvgIpc) is 2.66. The fraction of sp³-hybridized carbons (Fsp3) is 0.250. The zero-order chi connectivity index (χ0) is 20.5. The Kier molecular flexibility index (Phi) is 7.02. The molecule has 2 amide bonds. The maximum Gasteiger partial charge on any atom is 0.287 e. The van der Waals surface area contributed by atoms with Crippen molar-refractivity contribution in [3.63, 3.8) is 0 Å². The van der Waals surface area contributed by atoms with Crippen molar-refractivity contribution in [2.24, 2.45) is 0 Å². The summed E-state index contributed by atoms with van der Waals surface area (Å²) in [4.78, 5) is 51.1. The Morgan fingerprint density at radius 3 is 1.46 bits per heavy atom. The first-order valence-electron chi connectivity index (χ1n) is 8.16. The molecule has 0 fully saturated rings. The number of anilines is 2. The van der Waals surface area contributed by atoms with Crippen LogP contribution in [0.1, 0.15) is 25.7 Å². The first-order valence-corrected chi connectivity index (χ1v) is 8.16. The molecule has 0 radical (unpaired) electrons. The highest BCUT2D eigenvalue weighted by Gasteiger charge is 2.10. The molecule has 0 atom stereocenters. The first kappa shape index (κ1) is 20.4. The van der Waals surface area contributed by atoms with Crippen LogP contribution >= 0.6 is 0 Å². The van der Waals surface area contributed by atoms with Gasteiger partial charge in [-0.25, -0.2) is 9.97 Å². The predicted molar refractivity (Wildman–Crippen MR) is 97.5 cm³/mol. The molecule has 12 heteroatoms. The highest BCUT2D eigenvalue weighted by molar-refractivity contribution is 5.90. The van der Waals surface area contributed by atoms with E-state index < -0.39 is 9.85 Å². The van der Waals surface area contributed by atoms with Crippen LogP contribution in [0.2, 0.25) is 0 Å². The van der Waals surface area contributed by atoms with Crippen LogP contribution in [0.5, 0.6) is 0 Å². The van der Waals surface area contributed by atoms with Gasteiger partial charge < -0.3 is 10.6 Å². The Balaban J connectivity index is 1.67. The van der Waals surface area contributed by atoms with E-state index >= 15 is 0 Å². The number of carbonyl (C=O) groups is 2. The number of hydrogen-bond acceptors (Lipinski definition) is 8. The van der Waals surface area contributed by atoms with Crippen LogP contribution in [-0.4, -0.2) is 31.6 Å². The normalized spacial score (nSPS) is 10.1. The molecule has 0 saturated heterocycles. The van der Waals surface area contributed by atoms with E-state index in [4.69, 9.17) is 0 Å². The van der Waals surface area contributed by atoms with Gasteiger partial charge in [-0.15, -0.1) is 0 Å². The number of unbranched alkanes of at least 4 members (excludes halogenated alkanes) is 1. The molecule has 0 aliphatic heterocycles. The molecule has 0 saturated carbocycles. The third-order valence-electron chi connectivity index (χ3n) is 3.51. The van der Waals surface area contributed by atoms with Crippen molar-refractivity contribution in [3.05, 3.63) is 56.9 Å². The molecule has 28 heavy (non-hydrogen) atoms. The third kappa shape index (κ3) is 6.40. The third-order valence-corrected chi connectivity index (χ3v) is 3.51. The zero-order valence-electron chi connectivity index (χ0n) is 14.5. The first-order chi connectivity index (χ1) is 13.3. The van der Waals surface area contributed by atoms with Crippen LogP contribution in [0.15, 0.2) is 36.7 Å². The lowest BCUT2D eigenvalue weighted by molar-refractivity contribution is -0.385. The molecule has 0 aliphatic rings. The molecule has 2 N–H and O–H groups in total. The minimum Gasteiger partial charge on any atom is -0.311 e. The number of rotatable bonds is 9. The van der Waals surface area contributed by atoms with Gasteiger partial charge in [-0.3, -0.25) is 29.8 Å². The van der Waals surface area contributed by atoms with E-state index in [1.165, 1.54) is 24.3 Å². The van der Waals surface area contributed by atoms with Gasteiger partial charge in [-0.2, -0.15) is 0 Å². The second-order valence-electron chi connectivity index (χ2n) is 5.62. The van der Waals surface area contributed by atoms with Crippen molar-refractivity contribution < 1.29 is 19.4 Å². The minimum absolute atomic E-state index is 0.154. The fourth-order valence-corrected chi connectivity index (χ4v) is 2.12. The van der Waals surface area contributed by atoms with Gasteiger partial charge in [0.1, 0.15) is 24.0 Å². The lowest BCUT2D eigenvalue weighted by Gasteiger charge is -2.05. The molecule has 0 bridgehead atoms. The van der Waals surface area contributed by atoms with Crippen LogP contribution in [0.3, 0.4) is 0 Å². The summed E-state index contributed by atoms with van der Waals surface area (Å²) < 4.78 is 0. The quantitative estimate of drug-likeness (QED) is 0.374. The van der Waals surface area contributed by atoms with Crippen LogP contribution in [-0.2, 0) is 9.59 Å². The van der Waals surface area contributed by atoms with Crippen LogP contribution < -0.4 is 10.6 Å². The van der Waals surface area contributed by atoms with Crippen molar-refractivity contribution in [3.8, 4) is 0 Å². The highest BCUT2D eigenvalue weighted by Crippen LogP contribution is 2.14. The van der Waals surface area contributed by atoms with Gasteiger partial charge in [-0.05, 0) is 25.0 Å². The van der Waals surface area contributed by atoms with E-state index in [0.29, 0.717) is 12.8 Å². The molecule has 0 spiro atoms. The number of hydrogen-bond donors (Lipinski definition) is 2. The Morgan fingerprint density at radius 2 is 1.18 bits per heavy atom. The Morgan fingerprint density at radius 1 is 0.786 bits per heavy atom. The van der Waals surface area contributed by atoms with Gasteiger partial charge in [0.15, 0.2) is 0 Å². The summed E-state index contributed by atoms with van der Waals surface area (Å²) >= 11 is 0. The molecule has 0 unspecified atom stereocenters. The number of nitro groups is 2. The number of nitrogens with one attached hydrogen (secondary N) is 2. The van der Waals surface area contributed by atoms with Crippen molar-refractivity contribution in [1.82, 2.24) is 9.97 Å². The van der Waals surface area contributed by atoms with Gasteiger partial charge >= 0.3 is 0 Å². The number of pyridine rings is 2. The molecular weight excluding hydrogens is 372 g/mol. The van der Waals surface area contributed by atoms with Crippen LogP contribution in [0, 0.1) is 20.2 Å². The van der Waals surface area contributed by atoms with E-state index in [-0.39, 0.29) is 47.7 Å². The summed E-state index contributed by atoms with van der Waals surface area (Å²) in [7, 11) is 0. The number of aromatic nitrogens is 2. The summed E-state index contributed by atoms with van der Waals surface area (Å²) in [6.45, 7) is 0. The van der Waals surface area contributed by atoms with Crippen molar-refractivity contribution >= 4 is 34.8 Å². The largest absolute Gasteiger partial charge is 0.311 e. The second-order valence-corrected chi connectivity index (χ2v) is 5.62. The van der Waals surface area contributed by atoms with E-state index in [1.807, 2.05) is 0 Å². The predicted octanol–water partition coefficient (Wildman–Crippen LogP) is 2.43. The number of carbonyl (C=O) groups excluding carboxylic acids is 2. The van der Waals surface area contributed by atoms with Crippen LogP contribution in [0.4, 0.5) is 23.0 Å². The van der Waals surface area contributed by atoms with Crippen LogP contribution in [0.25, 0.3) is 0 Å². The highest BCUT2D eigenvalue weighted by atomic mass is 16.6. The van der Waals surface area contributed by atoms with E-state index in [2.05, 4.69) is 20.6 Å². The second kappa shape index (κ2) is 9.66. The van der Waals surface area contributed by atoms with Gasteiger partial charge in [0, 0.05) is 25.0 Å². The Bertz CT molecular complexity index is 795. The smallest absolute Gasteiger partial charge is 0.287 e. The van der Waals surface area contributed by atoms with Gasteiger partial charge in [0.05, 0.1) is 9.85 Å². The molecule has 2 aromatic heterocycles. The SMILES string of the molecule is O=C(CCCCC(=O)Nc1ccc([N+](=O)[O-])cn1)Nc1ccc([N+](=O)[O-])cn1.